The number of methoxy groups -OCH3 is 1. The molecule has 0 aliphatic carbocycles. The average molecular weight is 427 g/mol. The summed E-state index contributed by atoms with van der Waals surface area (Å²) in [4.78, 5) is 29.6. The van der Waals surface area contributed by atoms with Gasteiger partial charge in [0.1, 0.15) is 5.75 Å². The molecule has 2 amide bonds. The molecule has 0 aliphatic rings. The third-order valence-corrected chi connectivity index (χ3v) is 5.19. The number of thiazole rings is 1. The van der Waals surface area contributed by atoms with Gasteiger partial charge in [0, 0.05) is 10.4 Å². The van der Waals surface area contributed by atoms with E-state index >= 15 is 0 Å². The Balaban J connectivity index is 0.00000392. The maximum Gasteiger partial charge on any atom is 0.245 e. The van der Waals surface area contributed by atoms with E-state index in [-0.39, 0.29) is 36.7 Å². The van der Waals surface area contributed by atoms with Crippen molar-refractivity contribution >= 4 is 40.7 Å². The van der Waals surface area contributed by atoms with Gasteiger partial charge in [0.2, 0.25) is 11.8 Å². The van der Waals surface area contributed by atoms with Crippen molar-refractivity contribution in [1.29, 1.82) is 0 Å². The van der Waals surface area contributed by atoms with E-state index in [9.17, 15) is 9.59 Å². The van der Waals surface area contributed by atoms with E-state index in [1.54, 1.807) is 7.11 Å². The van der Waals surface area contributed by atoms with Crippen molar-refractivity contribution < 1.29 is 14.3 Å². The molecular weight excluding hydrogens is 400 g/mol. The van der Waals surface area contributed by atoms with Crippen molar-refractivity contribution in [1.82, 2.24) is 10.3 Å². The van der Waals surface area contributed by atoms with Crippen molar-refractivity contribution in [2.24, 2.45) is 11.7 Å². The summed E-state index contributed by atoms with van der Waals surface area (Å²) >= 11 is 1.43. The van der Waals surface area contributed by atoms with Gasteiger partial charge in [-0.05, 0) is 36.6 Å². The Morgan fingerprint density at radius 1 is 1.25 bits per heavy atom. The summed E-state index contributed by atoms with van der Waals surface area (Å²) in [6, 6.07) is 6.99. The number of benzene rings is 1. The molecule has 0 radical (unpaired) electrons. The highest BCUT2D eigenvalue weighted by molar-refractivity contribution is 7.16. The number of nitrogens with two attached hydrogens (primary N) is 1. The minimum Gasteiger partial charge on any atom is -0.497 e. The Bertz CT molecular complexity index is 793. The topological polar surface area (TPSA) is 106 Å². The summed E-state index contributed by atoms with van der Waals surface area (Å²) in [5.41, 5.74) is 7.56. The number of aromatic nitrogens is 1. The number of halogens is 1. The second-order valence-electron chi connectivity index (χ2n) is 6.41. The lowest BCUT2D eigenvalue weighted by Gasteiger charge is -2.14. The first-order valence-corrected chi connectivity index (χ1v) is 9.64. The van der Waals surface area contributed by atoms with E-state index in [0.717, 1.165) is 28.3 Å². The number of carbonyl (C=O) groups excluding carboxylic acids is 2. The van der Waals surface area contributed by atoms with E-state index < -0.39 is 6.04 Å². The van der Waals surface area contributed by atoms with Crippen LogP contribution in [0.2, 0.25) is 0 Å². The summed E-state index contributed by atoms with van der Waals surface area (Å²) < 4.78 is 5.18. The molecule has 1 aromatic heterocycles. The summed E-state index contributed by atoms with van der Waals surface area (Å²) in [5, 5.41) is 5.80. The number of aryl methyl sites for hydroxylation is 1. The second-order valence-corrected chi connectivity index (χ2v) is 7.49. The Kier molecular flexibility index (Phi) is 9.37. The van der Waals surface area contributed by atoms with Crippen molar-refractivity contribution in [3.8, 4) is 17.0 Å². The van der Waals surface area contributed by atoms with Crippen molar-refractivity contribution in [3.63, 3.8) is 0 Å². The van der Waals surface area contributed by atoms with Crippen LogP contribution < -0.4 is 21.1 Å². The molecule has 2 rings (SSSR count). The zero-order chi connectivity index (χ0) is 20.0. The molecule has 2 aromatic rings. The third-order valence-electron chi connectivity index (χ3n) is 4.07. The molecule has 0 spiro atoms. The Hall–Kier alpha value is -2.16. The highest BCUT2D eigenvalue weighted by atomic mass is 35.5. The van der Waals surface area contributed by atoms with Gasteiger partial charge in [0.25, 0.3) is 0 Å². The van der Waals surface area contributed by atoms with E-state index in [4.69, 9.17) is 10.5 Å². The average Bonchev–Trinajstić information content (AvgIpc) is 3.08. The number of nitrogens with one attached hydrogen (secondary N) is 2. The van der Waals surface area contributed by atoms with Gasteiger partial charge in [-0.15, -0.1) is 23.7 Å². The molecule has 0 saturated carbocycles. The van der Waals surface area contributed by atoms with Gasteiger partial charge in [-0.3, -0.25) is 9.59 Å². The second kappa shape index (κ2) is 11.0. The Morgan fingerprint density at radius 2 is 1.89 bits per heavy atom. The molecule has 1 heterocycles. The molecule has 0 aliphatic heterocycles. The molecule has 0 fully saturated rings. The van der Waals surface area contributed by atoms with E-state index in [0.29, 0.717) is 5.13 Å². The predicted molar refractivity (Wildman–Crippen MR) is 115 cm³/mol. The zero-order valence-corrected chi connectivity index (χ0v) is 18.1. The normalized spacial score (nSPS) is 11.5. The first kappa shape index (κ1) is 23.9. The molecule has 0 saturated heterocycles. The van der Waals surface area contributed by atoms with Crippen LogP contribution in [-0.2, 0) is 16.0 Å². The Labute approximate surface area is 175 Å². The third kappa shape index (κ3) is 6.19. The maximum absolute atomic E-state index is 12.1. The van der Waals surface area contributed by atoms with Gasteiger partial charge in [-0.1, -0.05) is 20.8 Å². The molecule has 154 valence electrons. The standard InChI is InChI=1S/C19H26N4O3S.ClH/c1-5-14-17(12-6-8-13(26-4)9-7-12)23-19(27-14)22-15(24)10-21-18(25)16(20)11(2)3;/h6-9,11,16H,5,10,20H2,1-4H3,(H,21,25)(H,22,23,24);1H/t16-;/m0./s1. The summed E-state index contributed by atoms with van der Waals surface area (Å²) in [5.74, 6) is 0.103. The SMILES string of the molecule is CCc1sc(NC(=O)CNC(=O)[C@@H](N)C(C)C)nc1-c1ccc(OC)cc1.Cl. The van der Waals surface area contributed by atoms with E-state index in [1.807, 2.05) is 45.0 Å². The quantitative estimate of drug-likeness (QED) is 0.601. The van der Waals surface area contributed by atoms with Crippen LogP contribution in [0.4, 0.5) is 5.13 Å². The number of ether oxygens (including phenoxy) is 1. The lowest BCUT2D eigenvalue weighted by atomic mass is 10.1. The summed E-state index contributed by atoms with van der Waals surface area (Å²) in [7, 11) is 1.62. The van der Waals surface area contributed by atoms with Gasteiger partial charge < -0.3 is 21.1 Å². The largest absolute Gasteiger partial charge is 0.497 e. The summed E-state index contributed by atoms with van der Waals surface area (Å²) in [6.45, 7) is 5.61. The number of nitrogens with zero attached hydrogens (tertiary/aromatic N) is 1. The first-order chi connectivity index (χ1) is 12.8. The van der Waals surface area contributed by atoms with Crippen LogP contribution in [0.5, 0.6) is 5.75 Å². The van der Waals surface area contributed by atoms with Gasteiger partial charge in [-0.25, -0.2) is 4.98 Å². The number of carbonyl (C=O) groups is 2. The van der Waals surface area contributed by atoms with Crippen LogP contribution in [-0.4, -0.2) is 36.5 Å². The Morgan fingerprint density at radius 3 is 2.43 bits per heavy atom. The molecule has 0 bridgehead atoms. The van der Waals surface area contributed by atoms with Crippen LogP contribution in [0.15, 0.2) is 24.3 Å². The molecule has 0 unspecified atom stereocenters. The van der Waals surface area contributed by atoms with Crippen LogP contribution in [0, 0.1) is 5.92 Å². The number of hydrogen-bond donors (Lipinski definition) is 3. The van der Waals surface area contributed by atoms with Crippen LogP contribution >= 0.6 is 23.7 Å². The molecular formula is C19H27ClN4O3S. The van der Waals surface area contributed by atoms with Gasteiger partial charge >= 0.3 is 0 Å². The van der Waals surface area contributed by atoms with Gasteiger partial charge in [0.15, 0.2) is 5.13 Å². The van der Waals surface area contributed by atoms with Gasteiger partial charge in [-0.2, -0.15) is 0 Å². The monoisotopic (exact) mass is 426 g/mol. The molecule has 28 heavy (non-hydrogen) atoms. The number of hydrogen-bond acceptors (Lipinski definition) is 6. The number of anilines is 1. The zero-order valence-electron chi connectivity index (χ0n) is 16.4. The van der Waals surface area contributed by atoms with Crippen LogP contribution in [0.3, 0.4) is 0 Å². The lowest BCUT2D eigenvalue weighted by Crippen LogP contribution is -2.46. The lowest BCUT2D eigenvalue weighted by molar-refractivity contribution is -0.125. The van der Waals surface area contributed by atoms with Crippen LogP contribution in [0.25, 0.3) is 11.3 Å². The molecule has 4 N–H and O–H groups in total. The van der Waals surface area contributed by atoms with E-state index in [2.05, 4.69) is 15.6 Å². The van der Waals surface area contributed by atoms with Crippen molar-refractivity contribution in [2.45, 2.75) is 33.2 Å². The molecule has 9 heteroatoms. The predicted octanol–water partition coefficient (Wildman–Crippen LogP) is 2.84. The number of amides is 2. The fraction of sp³-hybridized carbons (Fsp3) is 0.421. The van der Waals surface area contributed by atoms with Crippen LogP contribution in [0.1, 0.15) is 25.6 Å². The maximum atomic E-state index is 12.1. The molecule has 7 nitrogen and oxygen atoms in total. The highest BCUT2D eigenvalue weighted by Crippen LogP contribution is 2.32. The van der Waals surface area contributed by atoms with Crippen molar-refractivity contribution in [3.05, 3.63) is 29.1 Å². The fourth-order valence-electron chi connectivity index (χ4n) is 2.37. The van der Waals surface area contributed by atoms with Gasteiger partial charge in [0.05, 0.1) is 25.4 Å². The molecule has 1 atom stereocenters. The molecule has 1 aromatic carbocycles. The fourth-order valence-corrected chi connectivity index (χ4v) is 3.31. The van der Waals surface area contributed by atoms with E-state index in [1.165, 1.54) is 11.3 Å². The first-order valence-electron chi connectivity index (χ1n) is 8.83. The smallest absolute Gasteiger partial charge is 0.245 e. The minimum atomic E-state index is -0.633. The highest BCUT2D eigenvalue weighted by Gasteiger charge is 2.18. The van der Waals surface area contributed by atoms with Crippen molar-refractivity contribution in [2.75, 3.05) is 19.0 Å². The summed E-state index contributed by atoms with van der Waals surface area (Å²) in [6.07, 6.45) is 0.800. The minimum absolute atomic E-state index is 0. The number of rotatable bonds is 8.